The summed E-state index contributed by atoms with van der Waals surface area (Å²) in [4.78, 5) is 26.0. The predicted molar refractivity (Wildman–Crippen MR) is 111 cm³/mol. The molecular formula is C21H25N3O4S. The molecule has 1 saturated heterocycles. The Labute approximate surface area is 171 Å². The largest absolute Gasteiger partial charge is 0.370 e. The van der Waals surface area contributed by atoms with Gasteiger partial charge in [-0.05, 0) is 43.2 Å². The third kappa shape index (κ3) is 5.02. The van der Waals surface area contributed by atoms with Crippen molar-refractivity contribution in [2.45, 2.75) is 30.6 Å². The first-order chi connectivity index (χ1) is 13.9. The number of piperidine rings is 1. The van der Waals surface area contributed by atoms with Gasteiger partial charge in [-0.25, -0.2) is 8.42 Å². The van der Waals surface area contributed by atoms with Crippen LogP contribution in [0.25, 0.3) is 0 Å². The highest BCUT2D eigenvalue weighted by Gasteiger charge is 2.27. The molecule has 3 rings (SSSR count). The molecule has 2 aromatic carbocycles. The zero-order chi connectivity index (χ0) is 20.9. The molecule has 0 radical (unpaired) electrons. The fraction of sp³-hybridized carbons (Fsp3) is 0.333. The van der Waals surface area contributed by atoms with E-state index >= 15 is 0 Å². The minimum atomic E-state index is -3.65. The SMILES string of the molecule is NC(=O)CCN(C(=O)c1cccc(S(=O)(=O)N2CCCCC2)c1)c1ccccc1. The van der Waals surface area contributed by atoms with Crippen LogP contribution < -0.4 is 10.6 Å². The second-order valence-electron chi connectivity index (χ2n) is 7.00. The second kappa shape index (κ2) is 9.19. The van der Waals surface area contributed by atoms with Crippen molar-refractivity contribution < 1.29 is 18.0 Å². The first kappa shape index (κ1) is 21.0. The third-order valence-corrected chi connectivity index (χ3v) is 6.82. The maximum Gasteiger partial charge on any atom is 0.258 e. The Bertz CT molecular complexity index is 970. The quantitative estimate of drug-likeness (QED) is 0.750. The zero-order valence-corrected chi connectivity index (χ0v) is 17.0. The van der Waals surface area contributed by atoms with Crippen LogP contribution in [0.2, 0.25) is 0 Å². The molecule has 2 aromatic rings. The lowest BCUT2D eigenvalue weighted by Crippen LogP contribution is -2.36. The van der Waals surface area contributed by atoms with Crippen LogP contribution in [0.5, 0.6) is 0 Å². The van der Waals surface area contributed by atoms with Crippen molar-refractivity contribution in [1.29, 1.82) is 0 Å². The normalized spacial score (nSPS) is 15.0. The summed E-state index contributed by atoms with van der Waals surface area (Å²) < 4.78 is 27.4. The van der Waals surface area contributed by atoms with Crippen LogP contribution in [0.4, 0.5) is 5.69 Å². The highest BCUT2D eigenvalue weighted by atomic mass is 32.2. The molecule has 0 aliphatic carbocycles. The standard InChI is InChI=1S/C21H25N3O4S/c22-20(25)12-15-24(18-9-3-1-4-10-18)21(26)17-8-7-11-19(16-17)29(27,28)23-13-5-2-6-14-23/h1,3-4,7-11,16H,2,5-6,12-15H2,(H2,22,25). The van der Waals surface area contributed by atoms with E-state index in [0.717, 1.165) is 19.3 Å². The van der Waals surface area contributed by atoms with Crippen LogP contribution in [0, 0.1) is 0 Å². The van der Waals surface area contributed by atoms with Gasteiger partial charge in [0.1, 0.15) is 0 Å². The van der Waals surface area contributed by atoms with Crippen LogP contribution in [0.1, 0.15) is 36.0 Å². The van der Waals surface area contributed by atoms with Gasteiger partial charge < -0.3 is 10.6 Å². The van der Waals surface area contributed by atoms with E-state index in [1.807, 2.05) is 6.07 Å². The van der Waals surface area contributed by atoms with Gasteiger partial charge >= 0.3 is 0 Å². The fourth-order valence-corrected chi connectivity index (χ4v) is 4.94. The van der Waals surface area contributed by atoms with Crippen LogP contribution in [0.15, 0.2) is 59.5 Å². The van der Waals surface area contributed by atoms with Gasteiger partial charge in [-0.3, -0.25) is 9.59 Å². The van der Waals surface area contributed by atoms with Crippen LogP contribution in [0.3, 0.4) is 0 Å². The Kier molecular flexibility index (Phi) is 6.66. The maximum absolute atomic E-state index is 13.2. The number of hydrogen-bond acceptors (Lipinski definition) is 4. The number of hydrogen-bond donors (Lipinski definition) is 1. The van der Waals surface area contributed by atoms with Gasteiger partial charge in [-0.15, -0.1) is 0 Å². The molecule has 2 amide bonds. The van der Waals surface area contributed by atoms with Crippen molar-refractivity contribution in [2.24, 2.45) is 5.73 Å². The number of carbonyl (C=O) groups excluding carboxylic acids is 2. The molecule has 0 unspecified atom stereocenters. The minimum Gasteiger partial charge on any atom is -0.370 e. The smallest absolute Gasteiger partial charge is 0.258 e. The number of anilines is 1. The molecule has 7 nitrogen and oxygen atoms in total. The van der Waals surface area contributed by atoms with Crippen molar-refractivity contribution in [3.63, 3.8) is 0 Å². The highest BCUT2D eigenvalue weighted by molar-refractivity contribution is 7.89. The molecule has 0 atom stereocenters. The molecule has 1 fully saturated rings. The molecular weight excluding hydrogens is 390 g/mol. The minimum absolute atomic E-state index is 0.00635. The van der Waals surface area contributed by atoms with Gasteiger partial charge in [0, 0.05) is 37.3 Å². The van der Waals surface area contributed by atoms with E-state index in [2.05, 4.69) is 0 Å². The Morgan fingerprint density at radius 2 is 1.66 bits per heavy atom. The van der Waals surface area contributed by atoms with E-state index in [-0.39, 0.29) is 29.3 Å². The summed E-state index contributed by atoms with van der Waals surface area (Å²) in [5.41, 5.74) is 6.12. The Morgan fingerprint density at radius 3 is 2.31 bits per heavy atom. The molecule has 0 bridgehead atoms. The fourth-order valence-electron chi connectivity index (χ4n) is 3.38. The average Bonchev–Trinajstić information content (AvgIpc) is 2.75. The maximum atomic E-state index is 13.2. The summed E-state index contributed by atoms with van der Waals surface area (Å²) in [6.45, 7) is 1.10. The molecule has 154 valence electrons. The highest BCUT2D eigenvalue weighted by Crippen LogP contribution is 2.23. The lowest BCUT2D eigenvalue weighted by Gasteiger charge is -2.26. The third-order valence-electron chi connectivity index (χ3n) is 4.93. The molecule has 2 N–H and O–H groups in total. The number of sulfonamides is 1. The molecule has 0 aromatic heterocycles. The number of para-hydroxylation sites is 1. The number of nitrogens with two attached hydrogens (primary N) is 1. The van der Waals surface area contributed by atoms with Crippen molar-refractivity contribution in [3.05, 3.63) is 60.2 Å². The van der Waals surface area contributed by atoms with Gasteiger partial charge in [-0.2, -0.15) is 4.31 Å². The van der Waals surface area contributed by atoms with E-state index in [1.165, 1.54) is 21.3 Å². The number of nitrogens with zero attached hydrogens (tertiary/aromatic N) is 2. The predicted octanol–water partition coefficient (Wildman–Crippen LogP) is 2.38. The lowest BCUT2D eigenvalue weighted by atomic mass is 10.1. The van der Waals surface area contributed by atoms with Crippen molar-refractivity contribution in [2.75, 3.05) is 24.5 Å². The second-order valence-corrected chi connectivity index (χ2v) is 8.94. The number of amides is 2. The van der Waals surface area contributed by atoms with Crippen LogP contribution >= 0.6 is 0 Å². The number of primary amides is 1. The van der Waals surface area contributed by atoms with Crippen molar-refractivity contribution >= 4 is 27.5 Å². The topological polar surface area (TPSA) is 101 Å². The Morgan fingerprint density at radius 1 is 0.966 bits per heavy atom. The van der Waals surface area contributed by atoms with Crippen molar-refractivity contribution in [1.82, 2.24) is 4.31 Å². The molecule has 1 aliphatic heterocycles. The van der Waals surface area contributed by atoms with Gasteiger partial charge in [0.25, 0.3) is 5.91 Å². The first-order valence-electron chi connectivity index (χ1n) is 9.65. The molecule has 29 heavy (non-hydrogen) atoms. The lowest BCUT2D eigenvalue weighted by molar-refractivity contribution is -0.117. The Hall–Kier alpha value is -2.71. The van der Waals surface area contributed by atoms with Gasteiger partial charge in [0.15, 0.2) is 0 Å². The van der Waals surface area contributed by atoms with E-state index in [1.54, 1.807) is 36.4 Å². The number of benzene rings is 2. The van der Waals surface area contributed by atoms with E-state index < -0.39 is 15.9 Å². The Balaban J connectivity index is 1.90. The molecule has 8 heteroatoms. The van der Waals surface area contributed by atoms with Gasteiger partial charge in [-0.1, -0.05) is 30.7 Å². The summed E-state index contributed by atoms with van der Waals surface area (Å²) in [6, 6.07) is 15.0. The summed E-state index contributed by atoms with van der Waals surface area (Å²) in [5, 5.41) is 0. The molecule has 1 aliphatic rings. The summed E-state index contributed by atoms with van der Waals surface area (Å²) in [5.74, 6) is -0.895. The zero-order valence-electron chi connectivity index (χ0n) is 16.2. The first-order valence-corrected chi connectivity index (χ1v) is 11.1. The number of rotatable bonds is 7. The van der Waals surface area contributed by atoms with E-state index in [4.69, 9.17) is 5.73 Å². The molecule has 0 saturated carbocycles. The summed E-state index contributed by atoms with van der Waals surface area (Å²) in [6.07, 6.45) is 2.71. The average molecular weight is 416 g/mol. The monoisotopic (exact) mass is 415 g/mol. The summed E-state index contributed by atoms with van der Waals surface area (Å²) in [7, 11) is -3.65. The van der Waals surface area contributed by atoms with Gasteiger partial charge in [0.05, 0.1) is 4.90 Å². The van der Waals surface area contributed by atoms with Crippen LogP contribution in [-0.2, 0) is 14.8 Å². The molecule has 0 spiro atoms. The van der Waals surface area contributed by atoms with E-state index in [0.29, 0.717) is 18.8 Å². The van der Waals surface area contributed by atoms with Gasteiger partial charge in [0.2, 0.25) is 15.9 Å². The molecule has 1 heterocycles. The summed E-state index contributed by atoms with van der Waals surface area (Å²) >= 11 is 0. The van der Waals surface area contributed by atoms with Crippen molar-refractivity contribution in [3.8, 4) is 0 Å². The van der Waals surface area contributed by atoms with E-state index in [9.17, 15) is 18.0 Å². The van der Waals surface area contributed by atoms with Crippen LogP contribution in [-0.4, -0.2) is 44.2 Å². The number of carbonyl (C=O) groups is 2.